The highest BCUT2D eigenvalue weighted by atomic mass is 127. The number of nitrogens with zero attached hydrogens (tertiary/aromatic N) is 2. The molecule has 0 aliphatic carbocycles. The molecule has 0 saturated carbocycles. The number of ether oxygens (including phenoxy) is 1. The Morgan fingerprint density at radius 1 is 1.24 bits per heavy atom. The van der Waals surface area contributed by atoms with E-state index in [1.807, 2.05) is 6.07 Å². The van der Waals surface area contributed by atoms with Crippen LogP contribution in [0.5, 0.6) is 5.88 Å². The third-order valence-corrected chi connectivity index (χ3v) is 3.95. The van der Waals surface area contributed by atoms with E-state index in [1.165, 1.54) is 9.13 Å². The van der Waals surface area contributed by atoms with Gasteiger partial charge in [0, 0.05) is 27.8 Å². The average molecular weight is 397 g/mol. The SMILES string of the molecule is CCCNC(Cc1cc(OC)ncn1)c1ccc(I)cc1. The zero-order valence-electron chi connectivity index (χ0n) is 12.3. The van der Waals surface area contributed by atoms with Gasteiger partial charge in [-0.25, -0.2) is 9.97 Å². The summed E-state index contributed by atoms with van der Waals surface area (Å²) < 4.78 is 6.41. The lowest BCUT2D eigenvalue weighted by Gasteiger charge is -2.19. The van der Waals surface area contributed by atoms with Crippen LogP contribution >= 0.6 is 22.6 Å². The molecular weight excluding hydrogens is 377 g/mol. The van der Waals surface area contributed by atoms with E-state index in [0.29, 0.717) is 5.88 Å². The van der Waals surface area contributed by atoms with Gasteiger partial charge in [-0.15, -0.1) is 0 Å². The fraction of sp³-hybridized carbons (Fsp3) is 0.375. The number of rotatable bonds is 7. The van der Waals surface area contributed by atoms with E-state index in [1.54, 1.807) is 13.4 Å². The summed E-state index contributed by atoms with van der Waals surface area (Å²) in [5.74, 6) is 0.608. The largest absolute Gasteiger partial charge is 0.481 e. The van der Waals surface area contributed by atoms with Gasteiger partial charge in [-0.2, -0.15) is 0 Å². The van der Waals surface area contributed by atoms with E-state index in [9.17, 15) is 0 Å². The number of methoxy groups -OCH3 is 1. The fourth-order valence-corrected chi connectivity index (χ4v) is 2.49. The Morgan fingerprint density at radius 2 is 2.00 bits per heavy atom. The molecule has 1 atom stereocenters. The van der Waals surface area contributed by atoms with Gasteiger partial charge in [0.15, 0.2) is 0 Å². The Morgan fingerprint density at radius 3 is 2.67 bits per heavy atom. The zero-order valence-corrected chi connectivity index (χ0v) is 14.5. The van der Waals surface area contributed by atoms with Crippen molar-refractivity contribution in [2.45, 2.75) is 25.8 Å². The fourth-order valence-electron chi connectivity index (χ4n) is 2.13. The lowest BCUT2D eigenvalue weighted by molar-refractivity contribution is 0.395. The van der Waals surface area contributed by atoms with Crippen LogP contribution in [0.15, 0.2) is 36.7 Å². The lowest BCUT2D eigenvalue weighted by Crippen LogP contribution is -2.24. The van der Waals surface area contributed by atoms with Crippen LogP contribution in [0.1, 0.15) is 30.6 Å². The summed E-state index contributed by atoms with van der Waals surface area (Å²) in [7, 11) is 1.62. The van der Waals surface area contributed by atoms with Gasteiger partial charge in [0.05, 0.1) is 7.11 Å². The van der Waals surface area contributed by atoms with Gasteiger partial charge in [-0.3, -0.25) is 0 Å². The van der Waals surface area contributed by atoms with Crippen LogP contribution < -0.4 is 10.1 Å². The summed E-state index contributed by atoms with van der Waals surface area (Å²) in [6.07, 6.45) is 3.48. The Kier molecular flexibility index (Phi) is 6.38. The topological polar surface area (TPSA) is 47.0 Å². The highest BCUT2D eigenvalue weighted by Crippen LogP contribution is 2.20. The summed E-state index contributed by atoms with van der Waals surface area (Å²) in [5.41, 5.74) is 2.26. The summed E-state index contributed by atoms with van der Waals surface area (Å²) in [6.45, 7) is 3.16. The molecule has 4 nitrogen and oxygen atoms in total. The van der Waals surface area contributed by atoms with Gasteiger partial charge in [0.2, 0.25) is 5.88 Å². The Balaban J connectivity index is 2.17. The summed E-state index contributed by atoms with van der Waals surface area (Å²) >= 11 is 2.32. The third-order valence-electron chi connectivity index (χ3n) is 3.23. The van der Waals surface area contributed by atoms with E-state index < -0.39 is 0 Å². The molecule has 5 heteroatoms. The molecule has 0 bridgehead atoms. The zero-order chi connectivity index (χ0) is 15.1. The third kappa shape index (κ3) is 4.93. The number of aromatic nitrogens is 2. The average Bonchev–Trinajstić information content (AvgIpc) is 2.52. The molecule has 2 aromatic rings. The predicted octanol–water partition coefficient (Wildman–Crippen LogP) is 3.37. The molecule has 1 heterocycles. The molecular formula is C16H20IN3O. The number of halogens is 1. The second-order valence-electron chi connectivity index (χ2n) is 4.81. The lowest BCUT2D eigenvalue weighted by atomic mass is 10.0. The maximum atomic E-state index is 5.17. The monoisotopic (exact) mass is 397 g/mol. The summed E-state index contributed by atoms with van der Waals surface area (Å²) in [5, 5.41) is 3.59. The standard InChI is InChI=1S/C16H20IN3O/c1-3-8-18-15(12-4-6-13(17)7-5-12)9-14-10-16(21-2)20-11-19-14/h4-7,10-11,15,18H,3,8-9H2,1-2H3. The summed E-state index contributed by atoms with van der Waals surface area (Å²) in [6, 6.07) is 10.8. The number of benzene rings is 1. The molecule has 112 valence electrons. The number of hydrogen-bond donors (Lipinski definition) is 1. The highest BCUT2D eigenvalue weighted by Gasteiger charge is 2.13. The second kappa shape index (κ2) is 8.29. The number of nitrogens with one attached hydrogen (secondary N) is 1. The quantitative estimate of drug-likeness (QED) is 0.728. The van der Waals surface area contributed by atoms with E-state index >= 15 is 0 Å². The minimum atomic E-state index is 0.251. The first-order chi connectivity index (χ1) is 10.2. The normalized spacial score (nSPS) is 12.1. The maximum Gasteiger partial charge on any atom is 0.216 e. The Labute approximate surface area is 139 Å². The van der Waals surface area contributed by atoms with Crippen molar-refractivity contribution >= 4 is 22.6 Å². The van der Waals surface area contributed by atoms with Crippen molar-refractivity contribution in [2.24, 2.45) is 0 Å². The molecule has 1 N–H and O–H groups in total. The predicted molar refractivity (Wildman–Crippen MR) is 92.5 cm³/mol. The van der Waals surface area contributed by atoms with Gasteiger partial charge in [0.1, 0.15) is 6.33 Å². The molecule has 0 fully saturated rings. The van der Waals surface area contributed by atoms with Crippen molar-refractivity contribution in [3.05, 3.63) is 51.5 Å². The molecule has 21 heavy (non-hydrogen) atoms. The van der Waals surface area contributed by atoms with Crippen LogP contribution in [0.25, 0.3) is 0 Å². The minimum Gasteiger partial charge on any atom is -0.481 e. The first kappa shape index (κ1) is 16.2. The van der Waals surface area contributed by atoms with E-state index in [-0.39, 0.29) is 6.04 Å². The van der Waals surface area contributed by atoms with E-state index in [2.05, 4.69) is 69.1 Å². The van der Waals surface area contributed by atoms with Crippen LogP contribution in [0.2, 0.25) is 0 Å². The van der Waals surface area contributed by atoms with Crippen molar-refractivity contribution < 1.29 is 4.74 Å². The van der Waals surface area contributed by atoms with E-state index in [4.69, 9.17) is 4.74 Å². The molecule has 1 aromatic carbocycles. The molecule has 0 saturated heterocycles. The first-order valence-electron chi connectivity index (χ1n) is 7.06. The van der Waals surface area contributed by atoms with Crippen LogP contribution in [-0.4, -0.2) is 23.6 Å². The van der Waals surface area contributed by atoms with Crippen LogP contribution in [0.3, 0.4) is 0 Å². The molecule has 0 spiro atoms. The van der Waals surface area contributed by atoms with Crippen molar-refractivity contribution in [1.29, 1.82) is 0 Å². The van der Waals surface area contributed by atoms with Crippen LogP contribution in [0.4, 0.5) is 0 Å². The molecule has 1 aromatic heterocycles. The van der Waals surface area contributed by atoms with Gasteiger partial charge < -0.3 is 10.1 Å². The molecule has 0 radical (unpaired) electrons. The number of hydrogen-bond acceptors (Lipinski definition) is 4. The first-order valence-corrected chi connectivity index (χ1v) is 8.14. The maximum absolute atomic E-state index is 5.17. The van der Waals surface area contributed by atoms with Crippen LogP contribution in [-0.2, 0) is 6.42 Å². The van der Waals surface area contributed by atoms with Crippen LogP contribution in [0, 0.1) is 3.57 Å². The van der Waals surface area contributed by atoms with E-state index in [0.717, 1.165) is 25.1 Å². The molecule has 2 rings (SSSR count). The van der Waals surface area contributed by atoms with Crippen molar-refractivity contribution in [2.75, 3.05) is 13.7 Å². The van der Waals surface area contributed by atoms with Gasteiger partial charge in [-0.1, -0.05) is 19.1 Å². The molecule has 0 aliphatic heterocycles. The molecule has 0 amide bonds. The van der Waals surface area contributed by atoms with Gasteiger partial charge >= 0.3 is 0 Å². The van der Waals surface area contributed by atoms with Crippen molar-refractivity contribution in [1.82, 2.24) is 15.3 Å². The second-order valence-corrected chi connectivity index (χ2v) is 6.06. The molecule has 0 aliphatic rings. The highest BCUT2D eigenvalue weighted by molar-refractivity contribution is 14.1. The summed E-state index contributed by atoms with van der Waals surface area (Å²) in [4.78, 5) is 8.40. The minimum absolute atomic E-state index is 0.251. The van der Waals surface area contributed by atoms with Crippen molar-refractivity contribution in [3.8, 4) is 5.88 Å². The van der Waals surface area contributed by atoms with Crippen molar-refractivity contribution in [3.63, 3.8) is 0 Å². The molecule has 1 unspecified atom stereocenters. The smallest absolute Gasteiger partial charge is 0.216 e. The van der Waals surface area contributed by atoms with Gasteiger partial charge in [0.25, 0.3) is 0 Å². The van der Waals surface area contributed by atoms with Gasteiger partial charge in [-0.05, 0) is 53.3 Å². The Bertz CT molecular complexity index is 560. The Hall–Kier alpha value is -1.21.